The van der Waals surface area contributed by atoms with Gasteiger partial charge < -0.3 is 10.6 Å². The van der Waals surface area contributed by atoms with Gasteiger partial charge in [-0.05, 0) is 38.6 Å². The van der Waals surface area contributed by atoms with E-state index in [0.717, 1.165) is 38.2 Å². The van der Waals surface area contributed by atoms with Crippen molar-refractivity contribution in [1.29, 1.82) is 0 Å². The summed E-state index contributed by atoms with van der Waals surface area (Å²) in [5.41, 5.74) is 8.13. The number of fused-ring (bicyclic) bond motifs is 1. The third kappa shape index (κ3) is 2.32. The second kappa shape index (κ2) is 5.25. The summed E-state index contributed by atoms with van der Waals surface area (Å²) in [6.07, 6.45) is 7.45. The molecule has 1 aliphatic carbocycles. The molecule has 0 saturated heterocycles. The predicted molar refractivity (Wildman–Crippen MR) is 65.6 cm³/mol. The van der Waals surface area contributed by atoms with E-state index in [9.17, 15) is 0 Å². The number of hydrogen-bond donors (Lipinski definition) is 1. The summed E-state index contributed by atoms with van der Waals surface area (Å²) in [6.45, 7) is 1.71. The lowest BCUT2D eigenvalue weighted by molar-refractivity contribution is 0.656. The zero-order valence-corrected chi connectivity index (χ0v) is 9.95. The SMILES string of the molecule is CN(CCCN)c1ncnc2c1CCCC2. The molecule has 0 atom stereocenters. The van der Waals surface area contributed by atoms with Crippen molar-refractivity contribution < 1.29 is 0 Å². The van der Waals surface area contributed by atoms with Crippen molar-refractivity contribution in [2.24, 2.45) is 5.73 Å². The van der Waals surface area contributed by atoms with Crippen LogP contribution in [0.1, 0.15) is 30.5 Å². The lowest BCUT2D eigenvalue weighted by atomic mass is 9.96. The molecule has 88 valence electrons. The van der Waals surface area contributed by atoms with Gasteiger partial charge in [0.2, 0.25) is 0 Å². The van der Waals surface area contributed by atoms with Gasteiger partial charge in [0.05, 0.1) is 0 Å². The third-order valence-corrected chi connectivity index (χ3v) is 3.16. The van der Waals surface area contributed by atoms with Crippen molar-refractivity contribution in [3.8, 4) is 0 Å². The Labute approximate surface area is 96.9 Å². The number of anilines is 1. The standard InChI is InChI=1S/C12H20N4/c1-16(8-4-7-13)12-10-5-2-3-6-11(10)14-9-15-12/h9H,2-8,13H2,1H3. The molecular formula is C12H20N4. The minimum Gasteiger partial charge on any atom is -0.359 e. The van der Waals surface area contributed by atoms with Crippen LogP contribution in [-0.2, 0) is 12.8 Å². The summed E-state index contributed by atoms with van der Waals surface area (Å²) in [5, 5.41) is 0. The molecule has 0 spiro atoms. The Bertz CT molecular complexity index is 351. The first kappa shape index (κ1) is 11.3. The summed E-state index contributed by atoms with van der Waals surface area (Å²) in [7, 11) is 2.09. The van der Waals surface area contributed by atoms with Gasteiger partial charge in [-0.15, -0.1) is 0 Å². The molecule has 0 amide bonds. The Morgan fingerprint density at radius 3 is 2.94 bits per heavy atom. The first-order valence-corrected chi connectivity index (χ1v) is 6.07. The van der Waals surface area contributed by atoms with E-state index in [1.54, 1.807) is 6.33 Å². The van der Waals surface area contributed by atoms with Crippen LogP contribution in [-0.4, -0.2) is 30.1 Å². The van der Waals surface area contributed by atoms with Crippen LogP contribution in [0.25, 0.3) is 0 Å². The van der Waals surface area contributed by atoms with Gasteiger partial charge in [0.15, 0.2) is 0 Å². The van der Waals surface area contributed by atoms with E-state index < -0.39 is 0 Å². The van der Waals surface area contributed by atoms with Crippen molar-refractivity contribution >= 4 is 5.82 Å². The van der Waals surface area contributed by atoms with Gasteiger partial charge in [-0.3, -0.25) is 0 Å². The molecule has 4 heteroatoms. The Morgan fingerprint density at radius 1 is 1.31 bits per heavy atom. The van der Waals surface area contributed by atoms with Crippen LogP contribution < -0.4 is 10.6 Å². The molecule has 0 aromatic carbocycles. The van der Waals surface area contributed by atoms with Crippen molar-refractivity contribution in [3.05, 3.63) is 17.6 Å². The predicted octanol–water partition coefficient (Wildman–Crippen LogP) is 1.14. The van der Waals surface area contributed by atoms with Crippen molar-refractivity contribution in [1.82, 2.24) is 9.97 Å². The smallest absolute Gasteiger partial charge is 0.135 e. The second-order valence-electron chi connectivity index (χ2n) is 4.39. The van der Waals surface area contributed by atoms with Gasteiger partial charge in [-0.25, -0.2) is 9.97 Å². The molecule has 0 radical (unpaired) electrons. The molecule has 16 heavy (non-hydrogen) atoms. The molecule has 2 N–H and O–H groups in total. The topological polar surface area (TPSA) is 55.0 Å². The first-order valence-electron chi connectivity index (χ1n) is 6.07. The average Bonchev–Trinajstić information content (AvgIpc) is 2.35. The molecular weight excluding hydrogens is 200 g/mol. The molecule has 4 nitrogen and oxygen atoms in total. The van der Waals surface area contributed by atoms with Crippen LogP contribution in [0.2, 0.25) is 0 Å². The summed E-state index contributed by atoms with van der Waals surface area (Å²) in [4.78, 5) is 11.0. The maximum absolute atomic E-state index is 5.53. The highest BCUT2D eigenvalue weighted by molar-refractivity contribution is 5.48. The molecule has 0 fully saturated rings. The monoisotopic (exact) mass is 220 g/mol. The number of nitrogens with two attached hydrogens (primary N) is 1. The highest BCUT2D eigenvalue weighted by atomic mass is 15.2. The molecule has 1 aromatic rings. The highest BCUT2D eigenvalue weighted by Gasteiger charge is 2.17. The van der Waals surface area contributed by atoms with Gasteiger partial charge in [0.25, 0.3) is 0 Å². The Balaban J connectivity index is 2.19. The normalized spacial score (nSPS) is 14.6. The molecule has 0 bridgehead atoms. The summed E-state index contributed by atoms with van der Waals surface area (Å²) in [5.74, 6) is 1.11. The number of nitrogens with zero attached hydrogens (tertiary/aromatic N) is 3. The van der Waals surface area contributed by atoms with Crippen LogP contribution in [0.5, 0.6) is 0 Å². The fourth-order valence-corrected chi connectivity index (χ4v) is 2.27. The zero-order chi connectivity index (χ0) is 11.4. The van der Waals surface area contributed by atoms with Crippen molar-refractivity contribution in [3.63, 3.8) is 0 Å². The van der Waals surface area contributed by atoms with Gasteiger partial charge in [-0.1, -0.05) is 0 Å². The molecule has 1 aromatic heterocycles. The number of rotatable bonds is 4. The quantitative estimate of drug-likeness (QED) is 0.826. The van der Waals surface area contributed by atoms with Gasteiger partial charge in [-0.2, -0.15) is 0 Å². The molecule has 0 aliphatic heterocycles. The van der Waals surface area contributed by atoms with Crippen LogP contribution in [0.3, 0.4) is 0 Å². The Hall–Kier alpha value is -1.16. The second-order valence-corrected chi connectivity index (χ2v) is 4.39. The maximum Gasteiger partial charge on any atom is 0.135 e. The maximum atomic E-state index is 5.53. The van der Waals surface area contributed by atoms with E-state index in [2.05, 4.69) is 21.9 Å². The first-order chi connectivity index (χ1) is 7.83. The molecule has 0 unspecified atom stereocenters. The fourth-order valence-electron chi connectivity index (χ4n) is 2.27. The third-order valence-electron chi connectivity index (χ3n) is 3.16. The van der Waals surface area contributed by atoms with E-state index in [1.165, 1.54) is 24.1 Å². The van der Waals surface area contributed by atoms with Crippen LogP contribution >= 0.6 is 0 Å². The molecule has 0 saturated carbocycles. The van der Waals surface area contributed by atoms with Gasteiger partial charge >= 0.3 is 0 Å². The molecule has 2 rings (SSSR count). The zero-order valence-electron chi connectivity index (χ0n) is 9.95. The van der Waals surface area contributed by atoms with Gasteiger partial charge in [0, 0.05) is 24.8 Å². The number of aromatic nitrogens is 2. The van der Waals surface area contributed by atoms with E-state index in [1.807, 2.05) is 0 Å². The summed E-state index contributed by atoms with van der Waals surface area (Å²) in [6, 6.07) is 0. The van der Waals surface area contributed by atoms with Gasteiger partial charge in [0.1, 0.15) is 12.1 Å². The highest BCUT2D eigenvalue weighted by Crippen LogP contribution is 2.26. The van der Waals surface area contributed by atoms with E-state index in [-0.39, 0.29) is 0 Å². The Morgan fingerprint density at radius 2 is 2.12 bits per heavy atom. The van der Waals surface area contributed by atoms with Crippen LogP contribution in [0.15, 0.2) is 6.33 Å². The van der Waals surface area contributed by atoms with Crippen LogP contribution in [0, 0.1) is 0 Å². The average molecular weight is 220 g/mol. The molecule has 1 heterocycles. The fraction of sp³-hybridized carbons (Fsp3) is 0.667. The number of aryl methyl sites for hydroxylation is 1. The van der Waals surface area contributed by atoms with Crippen molar-refractivity contribution in [2.45, 2.75) is 32.1 Å². The Kier molecular flexibility index (Phi) is 3.72. The molecule has 1 aliphatic rings. The summed E-state index contributed by atoms with van der Waals surface area (Å²) >= 11 is 0. The lowest BCUT2D eigenvalue weighted by Gasteiger charge is -2.24. The van der Waals surface area contributed by atoms with Crippen LogP contribution in [0.4, 0.5) is 5.82 Å². The minimum absolute atomic E-state index is 0.734. The number of hydrogen-bond acceptors (Lipinski definition) is 4. The largest absolute Gasteiger partial charge is 0.359 e. The lowest BCUT2D eigenvalue weighted by Crippen LogP contribution is -2.24. The van der Waals surface area contributed by atoms with E-state index >= 15 is 0 Å². The van der Waals surface area contributed by atoms with Crippen molar-refractivity contribution in [2.75, 3.05) is 25.0 Å². The summed E-state index contributed by atoms with van der Waals surface area (Å²) < 4.78 is 0. The van der Waals surface area contributed by atoms with E-state index in [0.29, 0.717) is 0 Å². The van der Waals surface area contributed by atoms with E-state index in [4.69, 9.17) is 5.73 Å². The minimum atomic E-state index is 0.734.